The number of aromatic nitrogens is 3. The van der Waals surface area contributed by atoms with Crippen molar-refractivity contribution < 1.29 is 22.7 Å². The number of ether oxygens (including phenoxy) is 1. The molecule has 170 valence electrons. The first-order valence-corrected chi connectivity index (χ1v) is 9.51. The van der Waals surface area contributed by atoms with Gasteiger partial charge in [0.2, 0.25) is 5.88 Å². The van der Waals surface area contributed by atoms with Crippen LogP contribution in [0.4, 0.5) is 18.9 Å². The van der Waals surface area contributed by atoms with Crippen LogP contribution in [-0.4, -0.2) is 41.1 Å². The first kappa shape index (κ1) is 25.0. The average molecular weight is 468 g/mol. The molecule has 0 radical (unpaired) electrons. The summed E-state index contributed by atoms with van der Waals surface area (Å²) in [7, 11) is 1.86. The van der Waals surface area contributed by atoms with Crippen molar-refractivity contribution in [1.29, 1.82) is 0 Å². The minimum absolute atomic E-state index is 0. The van der Waals surface area contributed by atoms with Gasteiger partial charge in [0.15, 0.2) is 0 Å². The third-order valence-electron chi connectivity index (χ3n) is 4.26. The van der Waals surface area contributed by atoms with Crippen molar-refractivity contribution >= 4 is 24.0 Å². The monoisotopic (exact) mass is 467 g/mol. The van der Waals surface area contributed by atoms with Crippen LogP contribution in [0.15, 0.2) is 42.9 Å². The second-order valence-corrected chi connectivity index (χ2v) is 6.48. The zero-order valence-electron chi connectivity index (χ0n) is 17.1. The lowest BCUT2D eigenvalue weighted by Crippen LogP contribution is -2.16. The lowest BCUT2D eigenvalue weighted by molar-refractivity contribution is 0.102. The average Bonchev–Trinajstić information content (AvgIpc) is 2.75. The second kappa shape index (κ2) is 12.0. The molecule has 3 rings (SSSR count). The third kappa shape index (κ3) is 6.14. The molecule has 0 aliphatic heterocycles. The fourth-order valence-electron chi connectivity index (χ4n) is 2.75. The van der Waals surface area contributed by atoms with E-state index < -0.39 is 34.6 Å². The van der Waals surface area contributed by atoms with Gasteiger partial charge < -0.3 is 15.4 Å². The molecule has 3 aromatic rings. The number of carbonyl (C=O) groups is 1. The lowest BCUT2D eigenvalue weighted by Gasteiger charge is -2.11. The van der Waals surface area contributed by atoms with Crippen LogP contribution in [0, 0.1) is 17.5 Å². The van der Waals surface area contributed by atoms with Gasteiger partial charge in [0, 0.05) is 0 Å². The predicted molar refractivity (Wildman–Crippen MR) is 115 cm³/mol. The molecule has 7 nitrogen and oxygen atoms in total. The van der Waals surface area contributed by atoms with E-state index in [0.29, 0.717) is 6.61 Å². The highest BCUT2D eigenvalue weighted by Crippen LogP contribution is 2.27. The Labute approximate surface area is 188 Å². The molecule has 2 heterocycles. The van der Waals surface area contributed by atoms with E-state index in [2.05, 4.69) is 25.6 Å². The lowest BCUT2D eigenvalue weighted by atomic mass is 10.1. The Balaban J connectivity index is 0.00000363. The molecule has 0 atom stereocenters. The highest BCUT2D eigenvalue weighted by atomic mass is 35.5. The molecule has 1 aromatic carbocycles. The van der Waals surface area contributed by atoms with Gasteiger partial charge >= 0.3 is 0 Å². The van der Waals surface area contributed by atoms with Gasteiger partial charge in [-0.25, -0.2) is 23.1 Å². The maximum Gasteiger partial charge on any atom is 0.274 e. The summed E-state index contributed by atoms with van der Waals surface area (Å²) >= 11 is 0. The highest BCUT2D eigenvalue weighted by Gasteiger charge is 2.20. The summed E-state index contributed by atoms with van der Waals surface area (Å²) < 4.78 is 47.9. The van der Waals surface area contributed by atoms with Gasteiger partial charge in [0.1, 0.15) is 40.9 Å². The van der Waals surface area contributed by atoms with Crippen LogP contribution >= 0.6 is 12.4 Å². The van der Waals surface area contributed by atoms with Crippen LogP contribution in [-0.2, 0) is 0 Å². The molecular formula is C21H21ClF3N5O2. The SMILES string of the molecule is CNCCCCOc1ncncc1NC(=O)c1ccc(F)c(-c2c(F)cccc2F)n1.Cl. The minimum Gasteiger partial charge on any atom is -0.476 e. The molecule has 2 N–H and O–H groups in total. The molecule has 0 aliphatic carbocycles. The van der Waals surface area contributed by atoms with Crippen LogP contribution < -0.4 is 15.4 Å². The zero-order valence-corrected chi connectivity index (χ0v) is 17.9. The van der Waals surface area contributed by atoms with Crippen molar-refractivity contribution in [3.63, 3.8) is 0 Å². The van der Waals surface area contributed by atoms with Crippen molar-refractivity contribution in [3.8, 4) is 17.1 Å². The second-order valence-electron chi connectivity index (χ2n) is 6.48. The van der Waals surface area contributed by atoms with Crippen LogP contribution in [0.25, 0.3) is 11.3 Å². The number of unbranched alkanes of at least 4 members (excludes halogenated alkanes) is 1. The van der Waals surface area contributed by atoms with Crippen LogP contribution in [0.3, 0.4) is 0 Å². The van der Waals surface area contributed by atoms with E-state index in [4.69, 9.17) is 4.74 Å². The van der Waals surface area contributed by atoms with Gasteiger partial charge in [-0.3, -0.25) is 4.79 Å². The van der Waals surface area contributed by atoms with Crippen molar-refractivity contribution in [1.82, 2.24) is 20.3 Å². The summed E-state index contributed by atoms with van der Waals surface area (Å²) in [5.74, 6) is -3.53. The molecule has 0 saturated carbocycles. The Morgan fingerprint density at radius 3 is 2.53 bits per heavy atom. The third-order valence-corrected chi connectivity index (χ3v) is 4.26. The Hall–Kier alpha value is -3.24. The Morgan fingerprint density at radius 1 is 1.06 bits per heavy atom. The molecule has 0 spiro atoms. The fourth-order valence-corrected chi connectivity index (χ4v) is 2.75. The summed E-state index contributed by atoms with van der Waals surface area (Å²) in [4.78, 5) is 24.3. The Morgan fingerprint density at radius 2 is 1.81 bits per heavy atom. The maximum atomic E-state index is 14.2. The standard InChI is InChI=1S/C21H20F3N5O2.ClH/c1-25-9-2-3-10-31-21-17(11-26-12-27-21)29-20(30)16-8-7-15(24)19(28-16)18-13(22)5-4-6-14(18)23;/h4-8,11-12,25H,2-3,9-10H2,1H3,(H,29,30);1H. The zero-order chi connectivity index (χ0) is 22.2. The number of rotatable bonds is 9. The largest absolute Gasteiger partial charge is 0.476 e. The molecule has 0 bridgehead atoms. The van der Waals surface area contributed by atoms with Crippen LogP contribution in [0.2, 0.25) is 0 Å². The van der Waals surface area contributed by atoms with E-state index in [-0.39, 0.29) is 29.7 Å². The number of benzene rings is 1. The van der Waals surface area contributed by atoms with Gasteiger partial charge in [0.25, 0.3) is 5.91 Å². The molecule has 0 aliphatic rings. The number of carbonyl (C=O) groups excluding carboxylic acids is 1. The van der Waals surface area contributed by atoms with E-state index in [1.807, 2.05) is 7.05 Å². The molecule has 32 heavy (non-hydrogen) atoms. The number of nitrogens with zero attached hydrogens (tertiary/aromatic N) is 3. The summed E-state index contributed by atoms with van der Waals surface area (Å²) in [5.41, 5.74) is -1.31. The topological polar surface area (TPSA) is 89.0 Å². The van der Waals surface area contributed by atoms with E-state index in [1.54, 1.807) is 0 Å². The maximum absolute atomic E-state index is 14.2. The summed E-state index contributed by atoms with van der Waals surface area (Å²) in [6.45, 7) is 1.23. The van der Waals surface area contributed by atoms with E-state index in [0.717, 1.165) is 49.7 Å². The van der Waals surface area contributed by atoms with Crippen molar-refractivity contribution in [3.05, 3.63) is 66.0 Å². The minimum atomic E-state index is -0.991. The number of hydrogen-bond acceptors (Lipinski definition) is 6. The van der Waals surface area contributed by atoms with Gasteiger partial charge in [-0.15, -0.1) is 12.4 Å². The number of anilines is 1. The highest BCUT2D eigenvalue weighted by molar-refractivity contribution is 6.03. The molecule has 11 heteroatoms. The van der Waals surface area contributed by atoms with E-state index in [9.17, 15) is 18.0 Å². The quantitative estimate of drug-likeness (QED) is 0.462. The number of amides is 1. The summed E-state index contributed by atoms with van der Waals surface area (Å²) in [6, 6.07) is 5.14. The van der Waals surface area contributed by atoms with Crippen molar-refractivity contribution in [2.45, 2.75) is 12.8 Å². The van der Waals surface area contributed by atoms with E-state index >= 15 is 0 Å². The first-order valence-electron chi connectivity index (χ1n) is 9.51. The smallest absolute Gasteiger partial charge is 0.274 e. The number of pyridine rings is 1. The first-order chi connectivity index (χ1) is 15.0. The summed E-state index contributed by atoms with van der Waals surface area (Å²) in [6.07, 6.45) is 4.29. The number of nitrogens with one attached hydrogen (secondary N) is 2. The van der Waals surface area contributed by atoms with Crippen LogP contribution in [0.1, 0.15) is 23.3 Å². The normalized spacial score (nSPS) is 10.4. The van der Waals surface area contributed by atoms with Crippen molar-refractivity contribution in [2.24, 2.45) is 0 Å². The molecule has 0 saturated heterocycles. The van der Waals surface area contributed by atoms with Gasteiger partial charge in [-0.1, -0.05) is 6.07 Å². The molecule has 0 unspecified atom stereocenters. The molecule has 0 fully saturated rings. The molecule has 2 aromatic heterocycles. The Kier molecular flexibility index (Phi) is 9.36. The number of hydrogen-bond donors (Lipinski definition) is 2. The van der Waals surface area contributed by atoms with Gasteiger partial charge in [-0.05, 0) is 50.7 Å². The molecule has 1 amide bonds. The van der Waals surface area contributed by atoms with E-state index in [1.165, 1.54) is 12.5 Å². The van der Waals surface area contributed by atoms with Gasteiger partial charge in [-0.2, -0.15) is 4.98 Å². The predicted octanol–water partition coefficient (Wildman–Crippen LogP) is 4.01. The fraction of sp³-hybridized carbons (Fsp3) is 0.238. The number of halogens is 4. The summed E-state index contributed by atoms with van der Waals surface area (Å²) in [5, 5.41) is 5.56. The van der Waals surface area contributed by atoms with Crippen molar-refractivity contribution in [2.75, 3.05) is 25.5 Å². The molecular weight excluding hydrogens is 447 g/mol. The van der Waals surface area contributed by atoms with Crippen LogP contribution in [0.5, 0.6) is 5.88 Å². The van der Waals surface area contributed by atoms with Gasteiger partial charge in [0.05, 0.1) is 18.4 Å². The Bertz CT molecular complexity index is 1050.